The van der Waals surface area contributed by atoms with Crippen molar-refractivity contribution in [2.75, 3.05) is 33.4 Å². The molecule has 0 aliphatic heterocycles. The number of nitrogens with one attached hydrogen (secondary N) is 1. The largest absolute Gasteiger partial charge is 0.395 e. The molecule has 0 aliphatic carbocycles. The lowest BCUT2D eigenvalue weighted by Gasteiger charge is -2.20. The molecule has 1 rings (SSSR count). The number of aliphatic hydroxyl groups is 1. The van der Waals surface area contributed by atoms with E-state index in [0.29, 0.717) is 11.4 Å². The van der Waals surface area contributed by atoms with Gasteiger partial charge in [-0.05, 0) is 13.8 Å². The van der Waals surface area contributed by atoms with Crippen LogP contribution in [0.5, 0.6) is 0 Å². The first-order valence-corrected chi connectivity index (χ1v) is 7.00. The van der Waals surface area contributed by atoms with Crippen molar-refractivity contribution in [2.45, 2.75) is 18.7 Å². The van der Waals surface area contributed by atoms with Crippen LogP contribution in [0.4, 0.5) is 0 Å². The third-order valence-electron chi connectivity index (χ3n) is 2.55. The average molecular weight is 277 g/mol. The highest BCUT2D eigenvalue weighted by Crippen LogP contribution is 2.21. The quantitative estimate of drug-likeness (QED) is 0.710. The summed E-state index contributed by atoms with van der Waals surface area (Å²) >= 11 is 0. The highest BCUT2D eigenvalue weighted by Gasteiger charge is 2.28. The summed E-state index contributed by atoms with van der Waals surface area (Å²) in [6.45, 7) is 3.55. The van der Waals surface area contributed by atoms with E-state index in [9.17, 15) is 8.42 Å². The first-order chi connectivity index (χ1) is 8.45. The Morgan fingerprint density at radius 3 is 2.50 bits per heavy atom. The number of hydrogen-bond acceptors (Lipinski definition) is 5. The molecule has 0 saturated heterocycles. The second-order valence-corrected chi connectivity index (χ2v) is 5.76. The van der Waals surface area contributed by atoms with Crippen LogP contribution in [0.15, 0.2) is 4.90 Å². The van der Waals surface area contributed by atoms with E-state index >= 15 is 0 Å². The number of H-pyrrole nitrogens is 1. The smallest absolute Gasteiger partial charge is 0.246 e. The topological polar surface area (TPSA) is 95.5 Å². The first-order valence-electron chi connectivity index (χ1n) is 5.56. The van der Waals surface area contributed by atoms with Crippen molar-refractivity contribution in [3.8, 4) is 0 Å². The van der Waals surface area contributed by atoms with Gasteiger partial charge in [-0.25, -0.2) is 8.42 Å². The molecule has 0 radical (unpaired) electrons. The summed E-state index contributed by atoms with van der Waals surface area (Å²) in [6.07, 6.45) is 0. The fraction of sp³-hybridized carbons (Fsp3) is 0.700. The fourth-order valence-corrected chi connectivity index (χ4v) is 3.45. The van der Waals surface area contributed by atoms with Crippen LogP contribution in [0.1, 0.15) is 11.4 Å². The minimum atomic E-state index is -3.65. The van der Waals surface area contributed by atoms with Gasteiger partial charge in [0.05, 0.1) is 24.6 Å². The molecule has 1 aromatic heterocycles. The van der Waals surface area contributed by atoms with Crippen molar-refractivity contribution < 1.29 is 18.3 Å². The normalized spacial score (nSPS) is 12.3. The van der Waals surface area contributed by atoms with Gasteiger partial charge in [0.1, 0.15) is 4.90 Å². The van der Waals surface area contributed by atoms with Crippen molar-refractivity contribution in [1.29, 1.82) is 0 Å². The van der Waals surface area contributed by atoms with Gasteiger partial charge in [-0.1, -0.05) is 0 Å². The van der Waals surface area contributed by atoms with E-state index < -0.39 is 10.0 Å². The molecule has 0 unspecified atom stereocenters. The van der Waals surface area contributed by atoms with Crippen LogP contribution in [0.25, 0.3) is 0 Å². The predicted octanol–water partition coefficient (Wildman–Crippen LogP) is -0.344. The Balaban J connectivity index is 3.09. The van der Waals surface area contributed by atoms with E-state index in [1.54, 1.807) is 13.8 Å². The van der Waals surface area contributed by atoms with Crippen LogP contribution >= 0.6 is 0 Å². The molecule has 0 atom stereocenters. The lowest BCUT2D eigenvalue weighted by atomic mass is 10.4. The summed E-state index contributed by atoms with van der Waals surface area (Å²) in [6, 6.07) is 0. The van der Waals surface area contributed by atoms with Gasteiger partial charge in [-0.2, -0.15) is 9.40 Å². The zero-order valence-corrected chi connectivity index (χ0v) is 11.6. The van der Waals surface area contributed by atoms with Crippen LogP contribution in [0.3, 0.4) is 0 Å². The van der Waals surface area contributed by atoms with Crippen LogP contribution in [-0.2, 0) is 14.8 Å². The highest BCUT2D eigenvalue weighted by molar-refractivity contribution is 7.89. The van der Waals surface area contributed by atoms with E-state index in [1.807, 2.05) is 0 Å². The van der Waals surface area contributed by atoms with Crippen molar-refractivity contribution in [3.05, 3.63) is 11.4 Å². The van der Waals surface area contributed by atoms with Crippen LogP contribution < -0.4 is 0 Å². The monoisotopic (exact) mass is 277 g/mol. The lowest BCUT2D eigenvalue weighted by Crippen LogP contribution is -2.36. The number of aliphatic hydroxyl groups excluding tert-OH is 1. The Kier molecular flexibility index (Phi) is 5.27. The van der Waals surface area contributed by atoms with Crippen LogP contribution in [0, 0.1) is 13.8 Å². The van der Waals surface area contributed by atoms with Gasteiger partial charge in [0.2, 0.25) is 10.0 Å². The van der Waals surface area contributed by atoms with Gasteiger partial charge in [0.25, 0.3) is 0 Å². The molecule has 1 heterocycles. The molecule has 8 heteroatoms. The van der Waals surface area contributed by atoms with E-state index in [0.717, 1.165) is 0 Å². The third kappa shape index (κ3) is 3.08. The number of aromatic nitrogens is 2. The molecular weight excluding hydrogens is 258 g/mol. The molecule has 0 fully saturated rings. The Bertz CT molecular complexity index is 464. The maximum Gasteiger partial charge on any atom is 0.246 e. The second-order valence-electron chi connectivity index (χ2n) is 3.88. The summed E-state index contributed by atoms with van der Waals surface area (Å²) in [4.78, 5) is 0.173. The first kappa shape index (κ1) is 15.1. The predicted molar refractivity (Wildman–Crippen MR) is 65.8 cm³/mol. The summed E-state index contributed by atoms with van der Waals surface area (Å²) < 4.78 is 30.9. The Labute approximate surface area is 107 Å². The maximum atomic E-state index is 12.4. The molecule has 0 bridgehead atoms. The maximum absolute atomic E-state index is 12.4. The van der Waals surface area contributed by atoms with Crippen molar-refractivity contribution in [1.82, 2.24) is 14.5 Å². The molecule has 1 aromatic rings. The summed E-state index contributed by atoms with van der Waals surface area (Å²) in [5.41, 5.74) is 0.917. The Morgan fingerprint density at radius 1 is 1.39 bits per heavy atom. The zero-order chi connectivity index (χ0) is 13.8. The van der Waals surface area contributed by atoms with E-state index in [1.165, 1.54) is 11.4 Å². The highest BCUT2D eigenvalue weighted by atomic mass is 32.2. The molecule has 104 valence electrons. The third-order valence-corrected chi connectivity index (χ3v) is 4.72. The number of aromatic amines is 1. The average Bonchev–Trinajstić information content (AvgIpc) is 2.64. The minimum absolute atomic E-state index is 0.0375. The minimum Gasteiger partial charge on any atom is -0.395 e. The number of ether oxygens (including phenoxy) is 1. The van der Waals surface area contributed by atoms with E-state index in [-0.39, 0.29) is 31.2 Å². The molecule has 18 heavy (non-hydrogen) atoms. The molecule has 2 N–H and O–H groups in total. The van der Waals surface area contributed by atoms with Gasteiger partial charge in [0, 0.05) is 20.2 Å². The van der Waals surface area contributed by atoms with Gasteiger partial charge in [0.15, 0.2) is 0 Å². The van der Waals surface area contributed by atoms with E-state index in [2.05, 4.69) is 10.2 Å². The molecule has 7 nitrogen and oxygen atoms in total. The number of hydrogen-bond donors (Lipinski definition) is 2. The van der Waals surface area contributed by atoms with Gasteiger partial charge < -0.3 is 9.84 Å². The van der Waals surface area contributed by atoms with Crippen molar-refractivity contribution >= 4 is 10.0 Å². The van der Waals surface area contributed by atoms with Crippen LogP contribution in [0.2, 0.25) is 0 Å². The summed E-state index contributed by atoms with van der Waals surface area (Å²) in [7, 11) is -2.16. The molecule has 0 saturated carbocycles. The summed E-state index contributed by atoms with van der Waals surface area (Å²) in [5, 5.41) is 15.5. The Hall–Kier alpha value is -0.960. The lowest BCUT2D eigenvalue weighted by molar-refractivity contribution is 0.168. The summed E-state index contributed by atoms with van der Waals surface area (Å²) in [5.74, 6) is 0. The molecule has 0 aromatic carbocycles. The molecular formula is C10H19N3O4S. The number of aryl methyl sites for hydroxylation is 2. The van der Waals surface area contributed by atoms with Crippen molar-refractivity contribution in [2.24, 2.45) is 0 Å². The number of sulfonamides is 1. The molecule has 0 spiro atoms. The van der Waals surface area contributed by atoms with Crippen molar-refractivity contribution in [3.63, 3.8) is 0 Å². The zero-order valence-electron chi connectivity index (χ0n) is 10.8. The number of methoxy groups -OCH3 is 1. The Morgan fingerprint density at radius 2 is 2.06 bits per heavy atom. The molecule has 0 aliphatic rings. The number of nitrogens with zero attached hydrogens (tertiary/aromatic N) is 2. The fourth-order valence-electron chi connectivity index (χ4n) is 1.71. The van der Waals surface area contributed by atoms with Gasteiger partial charge in [-0.3, -0.25) is 5.10 Å². The second kappa shape index (κ2) is 6.28. The molecule has 0 amide bonds. The van der Waals surface area contributed by atoms with Crippen LogP contribution in [-0.4, -0.2) is 61.4 Å². The number of rotatable bonds is 7. The van der Waals surface area contributed by atoms with Gasteiger partial charge >= 0.3 is 0 Å². The van der Waals surface area contributed by atoms with E-state index in [4.69, 9.17) is 9.84 Å². The SMILES string of the molecule is COCCN(CCO)S(=O)(=O)c1c(C)n[nH]c1C. The van der Waals surface area contributed by atoms with Gasteiger partial charge in [-0.15, -0.1) is 0 Å². The standard InChI is InChI=1S/C10H19N3O4S/c1-8-10(9(2)12-11-8)18(15,16)13(4-6-14)5-7-17-3/h14H,4-7H2,1-3H3,(H,11,12).